The van der Waals surface area contributed by atoms with Crippen molar-refractivity contribution < 1.29 is 28.7 Å². The van der Waals surface area contributed by atoms with Crippen LogP contribution in [0.2, 0.25) is 0 Å². The smallest absolute Gasteiger partial charge is 0.328 e. The first kappa shape index (κ1) is 24.6. The third-order valence-electron chi connectivity index (χ3n) is 4.05. The Morgan fingerprint density at radius 1 is 1.19 bits per heavy atom. The van der Waals surface area contributed by atoms with Crippen LogP contribution in [0.4, 0.5) is 0 Å². The molecule has 0 aromatic rings. The number of nitrogens with one attached hydrogen (secondary N) is 2. The summed E-state index contributed by atoms with van der Waals surface area (Å²) in [7, 11) is 0. The van der Waals surface area contributed by atoms with Gasteiger partial charge >= 0.3 is 5.97 Å². The Labute approximate surface area is 161 Å². The number of hydrogen-bond acceptors (Lipinski definition) is 6. The molecule has 0 rings (SSSR count). The second-order valence-corrected chi connectivity index (χ2v) is 6.72. The van der Waals surface area contributed by atoms with Crippen molar-refractivity contribution in [3.8, 4) is 0 Å². The molecule has 0 bridgehead atoms. The molecule has 3 atom stereocenters. The van der Waals surface area contributed by atoms with E-state index in [1.807, 2.05) is 13.8 Å². The topological polar surface area (TPSA) is 111 Å². The standard InChI is InChI=1S/C19H32N2O6/c1-6-8-9-26-19(25)17(13(3)4)21-16(23)11-20-18(24)15(27-12-22)10-14(5)7-2/h6,12-15,17H,1,7-11H2,2-5H3,(H,20,24)(H,21,23). The van der Waals surface area contributed by atoms with Crippen LogP contribution in [0.1, 0.15) is 47.0 Å². The van der Waals surface area contributed by atoms with Crippen molar-refractivity contribution in [1.29, 1.82) is 0 Å². The van der Waals surface area contributed by atoms with Crippen molar-refractivity contribution in [3.63, 3.8) is 0 Å². The minimum absolute atomic E-state index is 0.183. The van der Waals surface area contributed by atoms with Crippen LogP contribution >= 0.6 is 0 Å². The summed E-state index contributed by atoms with van der Waals surface area (Å²) in [5.41, 5.74) is 0. The fourth-order valence-electron chi connectivity index (χ4n) is 2.16. The Bertz CT molecular complexity index is 506. The van der Waals surface area contributed by atoms with E-state index in [0.29, 0.717) is 12.8 Å². The van der Waals surface area contributed by atoms with E-state index in [1.54, 1.807) is 19.9 Å². The molecule has 0 spiro atoms. The minimum atomic E-state index is -0.949. The molecule has 2 N–H and O–H groups in total. The van der Waals surface area contributed by atoms with Crippen molar-refractivity contribution in [2.45, 2.75) is 59.1 Å². The highest BCUT2D eigenvalue weighted by Gasteiger charge is 2.27. The normalized spacial score (nSPS) is 13.8. The number of hydrogen-bond donors (Lipinski definition) is 2. The van der Waals surface area contributed by atoms with Crippen LogP contribution < -0.4 is 10.6 Å². The lowest BCUT2D eigenvalue weighted by Gasteiger charge is -2.21. The van der Waals surface area contributed by atoms with Gasteiger partial charge in [0.05, 0.1) is 13.2 Å². The molecule has 0 heterocycles. The zero-order chi connectivity index (χ0) is 20.8. The maximum absolute atomic E-state index is 12.1. The molecule has 0 fully saturated rings. The third-order valence-corrected chi connectivity index (χ3v) is 4.05. The summed E-state index contributed by atoms with van der Waals surface area (Å²) in [5.74, 6) is -1.61. The largest absolute Gasteiger partial charge is 0.464 e. The highest BCUT2D eigenvalue weighted by molar-refractivity contribution is 5.89. The van der Waals surface area contributed by atoms with Crippen LogP contribution in [0.5, 0.6) is 0 Å². The molecule has 27 heavy (non-hydrogen) atoms. The molecular weight excluding hydrogens is 352 g/mol. The summed E-state index contributed by atoms with van der Waals surface area (Å²) in [4.78, 5) is 46.9. The van der Waals surface area contributed by atoms with Gasteiger partial charge in [-0.3, -0.25) is 14.4 Å². The van der Waals surface area contributed by atoms with Crippen LogP contribution in [-0.4, -0.2) is 49.6 Å². The van der Waals surface area contributed by atoms with Gasteiger partial charge in [0.1, 0.15) is 6.04 Å². The molecule has 8 heteroatoms. The van der Waals surface area contributed by atoms with Gasteiger partial charge in [-0.05, 0) is 24.7 Å². The van der Waals surface area contributed by atoms with Gasteiger partial charge < -0.3 is 20.1 Å². The van der Waals surface area contributed by atoms with Gasteiger partial charge in [-0.25, -0.2) is 4.79 Å². The average Bonchev–Trinajstić information content (AvgIpc) is 2.63. The van der Waals surface area contributed by atoms with Crippen molar-refractivity contribution in [2.75, 3.05) is 13.2 Å². The maximum atomic E-state index is 12.1. The summed E-state index contributed by atoms with van der Waals surface area (Å²) in [6, 6.07) is -0.818. The number of carbonyl (C=O) groups excluding carboxylic acids is 4. The molecule has 0 radical (unpaired) electrons. The zero-order valence-corrected chi connectivity index (χ0v) is 16.7. The highest BCUT2D eigenvalue weighted by Crippen LogP contribution is 2.12. The summed E-state index contributed by atoms with van der Waals surface area (Å²) in [5, 5.41) is 4.99. The van der Waals surface area contributed by atoms with Crippen molar-refractivity contribution in [2.24, 2.45) is 11.8 Å². The fourth-order valence-corrected chi connectivity index (χ4v) is 2.16. The van der Waals surface area contributed by atoms with E-state index in [9.17, 15) is 19.2 Å². The van der Waals surface area contributed by atoms with E-state index in [2.05, 4.69) is 17.2 Å². The van der Waals surface area contributed by atoms with Crippen LogP contribution in [0.25, 0.3) is 0 Å². The minimum Gasteiger partial charge on any atom is -0.464 e. The Morgan fingerprint density at radius 3 is 2.37 bits per heavy atom. The van der Waals surface area contributed by atoms with E-state index in [4.69, 9.17) is 9.47 Å². The average molecular weight is 384 g/mol. The van der Waals surface area contributed by atoms with Gasteiger partial charge in [0.2, 0.25) is 5.91 Å². The summed E-state index contributed by atoms with van der Waals surface area (Å²) >= 11 is 0. The summed E-state index contributed by atoms with van der Waals surface area (Å²) in [6.45, 7) is 11.1. The monoisotopic (exact) mass is 384 g/mol. The lowest BCUT2D eigenvalue weighted by Crippen LogP contribution is -2.50. The molecule has 0 aliphatic heterocycles. The molecule has 154 valence electrons. The molecule has 2 amide bonds. The predicted molar refractivity (Wildman–Crippen MR) is 101 cm³/mol. The lowest BCUT2D eigenvalue weighted by atomic mass is 10.0. The first-order valence-corrected chi connectivity index (χ1v) is 9.20. The second-order valence-electron chi connectivity index (χ2n) is 6.72. The lowest BCUT2D eigenvalue weighted by molar-refractivity contribution is -0.149. The summed E-state index contributed by atoms with van der Waals surface area (Å²) in [6.07, 6.45) is 2.40. The first-order valence-electron chi connectivity index (χ1n) is 9.20. The molecule has 8 nitrogen and oxygen atoms in total. The number of rotatable bonds is 14. The third kappa shape index (κ3) is 10.4. The quantitative estimate of drug-likeness (QED) is 0.202. The van der Waals surface area contributed by atoms with Gasteiger partial charge in [0.15, 0.2) is 6.10 Å². The molecule has 3 unspecified atom stereocenters. The second kappa shape index (κ2) is 13.8. The van der Waals surface area contributed by atoms with Gasteiger partial charge in [-0.15, -0.1) is 6.58 Å². The van der Waals surface area contributed by atoms with Gasteiger partial charge in [0.25, 0.3) is 12.4 Å². The molecular formula is C19H32N2O6. The zero-order valence-electron chi connectivity index (χ0n) is 16.7. The molecule has 0 saturated heterocycles. The maximum Gasteiger partial charge on any atom is 0.328 e. The van der Waals surface area contributed by atoms with E-state index in [0.717, 1.165) is 6.42 Å². The number of ether oxygens (including phenoxy) is 2. The number of carbonyl (C=O) groups is 4. The van der Waals surface area contributed by atoms with Crippen LogP contribution in [-0.2, 0) is 28.7 Å². The van der Waals surface area contributed by atoms with E-state index >= 15 is 0 Å². The van der Waals surface area contributed by atoms with Crippen molar-refractivity contribution in [3.05, 3.63) is 12.7 Å². The van der Waals surface area contributed by atoms with Gasteiger partial charge in [0, 0.05) is 0 Å². The van der Waals surface area contributed by atoms with Crippen LogP contribution in [0.15, 0.2) is 12.7 Å². The SMILES string of the molecule is C=CCCOC(=O)C(NC(=O)CNC(=O)C(CC(C)CC)OC=O)C(C)C. The summed E-state index contributed by atoms with van der Waals surface area (Å²) < 4.78 is 9.90. The Hall–Kier alpha value is -2.38. The van der Waals surface area contributed by atoms with E-state index in [1.165, 1.54) is 0 Å². The first-order chi connectivity index (χ1) is 12.8. The highest BCUT2D eigenvalue weighted by atomic mass is 16.5. The Kier molecular flexibility index (Phi) is 12.6. The Morgan fingerprint density at radius 2 is 1.85 bits per heavy atom. The molecule has 0 aromatic carbocycles. The predicted octanol–water partition coefficient (Wildman–Crippen LogP) is 1.34. The molecule has 0 aliphatic carbocycles. The fraction of sp³-hybridized carbons (Fsp3) is 0.684. The molecule has 0 aromatic heterocycles. The van der Waals surface area contributed by atoms with Crippen LogP contribution in [0, 0.1) is 11.8 Å². The van der Waals surface area contributed by atoms with Crippen molar-refractivity contribution >= 4 is 24.3 Å². The van der Waals surface area contributed by atoms with E-state index < -0.39 is 29.9 Å². The number of esters is 1. The van der Waals surface area contributed by atoms with Gasteiger partial charge in [-0.1, -0.05) is 40.2 Å². The Balaban J connectivity index is 4.62. The molecule has 0 aliphatic rings. The van der Waals surface area contributed by atoms with E-state index in [-0.39, 0.29) is 31.5 Å². The number of amides is 2. The molecule has 0 saturated carbocycles. The van der Waals surface area contributed by atoms with Crippen LogP contribution in [0.3, 0.4) is 0 Å². The van der Waals surface area contributed by atoms with Crippen molar-refractivity contribution in [1.82, 2.24) is 10.6 Å². The van der Waals surface area contributed by atoms with Gasteiger partial charge in [-0.2, -0.15) is 0 Å².